The molecular weight excluding hydrogens is 206 g/mol. The molecule has 84 valence electrons. The summed E-state index contributed by atoms with van der Waals surface area (Å²) in [5.41, 5.74) is 1.82. The van der Waals surface area contributed by atoms with E-state index in [1.807, 2.05) is 25.3 Å². The number of aromatic nitrogens is 3. The Morgan fingerprint density at radius 3 is 3.00 bits per heavy atom. The topological polar surface area (TPSA) is 67.5 Å². The Labute approximate surface area is 92.7 Å². The average Bonchev–Trinajstić information content (AvgIpc) is 2.61. The van der Waals surface area contributed by atoms with Crippen LogP contribution in [0.25, 0.3) is 5.65 Å². The van der Waals surface area contributed by atoms with Crippen molar-refractivity contribution in [3.8, 4) is 0 Å². The second kappa shape index (κ2) is 3.92. The normalized spacial score (nSPS) is 12.9. The molecule has 0 amide bonds. The zero-order valence-corrected chi connectivity index (χ0v) is 9.21. The van der Waals surface area contributed by atoms with Crippen molar-refractivity contribution < 1.29 is 9.90 Å². The van der Waals surface area contributed by atoms with Gasteiger partial charge in [0.15, 0.2) is 11.5 Å². The molecular formula is C11H13N3O2. The first-order chi connectivity index (χ1) is 7.58. The Kier molecular flexibility index (Phi) is 2.60. The Hall–Kier alpha value is -1.91. The third-order valence-corrected chi connectivity index (χ3v) is 2.51. The Balaban J connectivity index is 2.33. The summed E-state index contributed by atoms with van der Waals surface area (Å²) >= 11 is 0. The van der Waals surface area contributed by atoms with Gasteiger partial charge in [-0.15, -0.1) is 0 Å². The SMILES string of the molecule is Cc1cccn2nc(CC(C)C(=O)O)nc12. The second-order valence-corrected chi connectivity index (χ2v) is 3.93. The molecule has 0 aliphatic carbocycles. The number of carboxylic acid groups (broad SMARTS) is 1. The van der Waals surface area contributed by atoms with Crippen molar-refractivity contribution in [1.82, 2.24) is 14.6 Å². The first kappa shape index (κ1) is 10.6. The van der Waals surface area contributed by atoms with Crippen molar-refractivity contribution in [3.05, 3.63) is 29.7 Å². The van der Waals surface area contributed by atoms with Crippen LogP contribution in [0.4, 0.5) is 0 Å². The van der Waals surface area contributed by atoms with Crippen molar-refractivity contribution in [1.29, 1.82) is 0 Å². The van der Waals surface area contributed by atoms with Crippen LogP contribution in [-0.4, -0.2) is 25.7 Å². The van der Waals surface area contributed by atoms with E-state index in [4.69, 9.17) is 5.11 Å². The fourth-order valence-corrected chi connectivity index (χ4v) is 1.53. The van der Waals surface area contributed by atoms with Crippen molar-refractivity contribution in [3.63, 3.8) is 0 Å². The van der Waals surface area contributed by atoms with E-state index in [1.165, 1.54) is 0 Å². The maximum absolute atomic E-state index is 10.7. The number of carbonyl (C=O) groups is 1. The van der Waals surface area contributed by atoms with Crippen LogP contribution in [-0.2, 0) is 11.2 Å². The van der Waals surface area contributed by atoms with E-state index in [0.717, 1.165) is 11.2 Å². The monoisotopic (exact) mass is 219 g/mol. The lowest BCUT2D eigenvalue weighted by atomic mass is 10.1. The largest absolute Gasteiger partial charge is 0.481 e. The fraction of sp³-hybridized carbons (Fsp3) is 0.364. The summed E-state index contributed by atoms with van der Waals surface area (Å²) in [6.45, 7) is 3.61. The van der Waals surface area contributed by atoms with E-state index in [-0.39, 0.29) is 0 Å². The van der Waals surface area contributed by atoms with E-state index < -0.39 is 11.9 Å². The summed E-state index contributed by atoms with van der Waals surface area (Å²) in [6, 6.07) is 3.84. The van der Waals surface area contributed by atoms with Crippen molar-refractivity contribution in [2.75, 3.05) is 0 Å². The Bertz CT molecular complexity index is 533. The number of aliphatic carboxylic acids is 1. The molecule has 0 radical (unpaired) electrons. The van der Waals surface area contributed by atoms with Crippen LogP contribution in [0.3, 0.4) is 0 Å². The van der Waals surface area contributed by atoms with Crippen LogP contribution < -0.4 is 0 Å². The molecule has 0 aliphatic heterocycles. The molecule has 16 heavy (non-hydrogen) atoms. The number of fused-ring (bicyclic) bond motifs is 1. The minimum atomic E-state index is -0.824. The maximum Gasteiger partial charge on any atom is 0.306 e. The molecule has 0 bridgehead atoms. The maximum atomic E-state index is 10.7. The number of rotatable bonds is 3. The van der Waals surface area contributed by atoms with Gasteiger partial charge in [0.2, 0.25) is 0 Å². The van der Waals surface area contributed by atoms with Gasteiger partial charge in [-0.3, -0.25) is 4.79 Å². The minimum Gasteiger partial charge on any atom is -0.481 e. The molecule has 0 aromatic carbocycles. The predicted molar refractivity (Wildman–Crippen MR) is 58.2 cm³/mol. The summed E-state index contributed by atoms with van der Waals surface area (Å²) in [5.74, 6) is -0.711. The van der Waals surface area contributed by atoms with Gasteiger partial charge in [0, 0.05) is 12.6 Å². The van der Waals surface area contributed by atoms with E-state index in [2.05, 4.69) is 10.1 Å². The van der Waals surface area contributed by atoms with Gasteiger partial charge in [0.05, 0.1) is 5.92 Å². The third-order valence-electron chi connectivity index (χ3n) is 2.51. The first-order valence-corrected chi connectivity index (χ1v) is 5.11. The summed E-state index contributed by atoms with van der Waals surface area (Å²) in [5, 5.41) is 13.0. The zero-order valence-electron chi connectivity index (χ0n) is 9.21. The Morgan fingerprint density at radius 1 is 1.62 bits per heavy atom. The quantitative estimate of drug-likeness (QED) is 0.844. The number of hydrogen-bond donors (Lipinski definition) is 1. The molecule has 1 atom stereocenters. The van der Waals surface area contributed by atoms with E-state index >= 15 is 0 Å². The molecule has 0 saturated heterocycles. The molecule has 0 saturated carbocycles. The lowest BCUT2D eigenvalue weighted by Crippen LogP contribution is -2.13. The predicted octanol–water partition coefficient (Wildman–Crippen LogP) is 1.30. The highest BCUT2D eigenvalue weighted by atomic mass is 16.4. The molecule has 5 heteroatoms. The highest BCUT2D eigenvalue weighted by Crippen LogP contribution is 2.10. The van der Waals surface area contributed by atoms with Crippen LogP contribution in [0.5, 0.6) is 0 Å². The minimum absolute atomic E-state index is 0.358. The number of aryl methyl sites for hydroxylation is 1. The fourth-order valence-electron chi connectivity index (χ4n) is 1.53. The molecule has 0 fully saturated rings. The average molecular weight is 219 g/mol. The first-order valence-electron chi connectivity index (χ1n) is 5.11. The van der Waals surface area contributed by atoms with Crippen LogP contribution in [0.15, 0.2) is 18.3 Å². The van der Waals surface area contributed by atoms with E-state index in [0.29, 0.717) is 12.2 Å². The van der Waals surface area contributed by atoms with Crippen molar-refractivity contribution in [2.45, 2.75) is 20.3 Å². The molecule has 2 heterocycles. The summed E-state index contributed by atoms with van der Waals surface area (Å²) in [6.07, 6.45) is 2.17. The van der Waals surface area contributed by atoms with Gasteiger partial charge in [-0.25, -0.2) is 9.50 Å². The summed E-state index contributed by atoms with van der Waals surface area (Å²) < 4.78 is 1.68. The molecule has 5 nitrogen and oxygen atoms in total. The van der Waals surface area contributed by atoms with Crippen LogP contribution in [0.1, 0.15) is 18.3 Å². The van der Waals surface area contributed by atoms with Gasteiger partial charge in [-0.2, -0.15) is 5.10 Å². The van der Waals surface area contributed by atoms with Gasteiger partial charge >= 0.3 is 5.97 Å². The number of pyridine rings is 1. The molecule has 0 aliphatic rings. The highest BCUT2D eigenvalue weighted by molar-refractivity contribution is 5.69. The molecule has 2 rings (SSSR count). The number of nitrogens with zero attached hydrogens (tertiary/aromatic N) is 3. The van der Waals surface area contributed by atoms with Gasteiger partial charge in [-0.1, -0.05) is 13.0 Å². The lowest BCUT2D eigenvalue weighted by Gasteiger charge is -2.00. The van der Waals surface area contributed by atoms with Crippen LogP contribution in [0, 0.1) is 12.8 Å². The van der Waals surface area contributed by atoms with Crippen LogP contribution in [0.2, 0.25) is 0 Å². The molecule has 2 aromatic rings. The molecule has 0 spiro atoms. The zero-order chi connectivity index (χ0) is 11.7. The van der Waals surface area contributed by atoms with Gasteiger partial charge < -0.3 is 5.11 Å². The second-order valence-electron chi connectivity index (χ2n) is 3.93. The molecule has 1 N–H and O–H groups in total. The Morgan fingerprint density at radius 2 is 2.38 bits per heavy atom. The highest BCUT2D eigenvalue weighted by Gasteiger charge is 2.15. The number of carboxylic acids is 1. The van der Waals surface area contributed by atoms with Gasteiger partial charge in [-0.05, 0) is 18.6 Å². The van der Waals surface area contributed by atoms with Gasteiger partial charge in [0.25, 0.3) is 0 Å². The standard InChI is InChI=1S/C11H13N3O2/c1-7-4-3-5-14-10(7)12-9(13-14)6-8(2)11(15)16/h3-5,8H,6H2,1-2H3,(H,15,16). The smallest absolute Gasteiger partial charge is 0.306 e. The summed E-state index contributed by atoms with van der Waals surface area (Å²) in [7, 11) is 0. The van der Waals surface area contributed by atoms with Gasteiger partial charge in [0.1, 0.15) is 0 Å². The van der Waals surface area contributed by atoms with Crippen molar-refractivity contribution in [2.24, 2.45) is 5.92 Å². The van der Waals surface area contributed by atoms with Crippen molar-refractivity contribution >= 4 is 11.6 Å². The molecule has 2 aromatic heterocycles. The summed E-state index contributed by atoms with van der Waals surface area (Å²) in [4.78, 5) is 15.0. The lowest BCUT2D eigenvalue weighted by molar-refractivity contribution is -0.141. The number of hydrogen-bond acceptors (Lipinski definition) is 3. The molecule has 1 unspecified atom stereocenters. The van der Waals surface area contributed by atoms with E-state index in [9.17, 15) is 4.79 Å². The third kappa shape index (κ3) is 1.88. The van der Waals surface area contributed by atoms with E-state index in [1.54, 1.807) is 11.4 Å². The van der Waals surface area contributed by atoms with Crippen LogP contribution >= 0.6 is 0 Å².